The van der Waals surface area contributed by atoms with E-state index in [9.17, 15) is 18.0 Å². The highest BCUT2D eigenvalue weighted by molar-refractivity contribution is 5.79. The predicted octanol–water partition coefficient (Wildman–Crippen LogP) is 3.61. The molecule has 0 N–H and O–H groups in total. The van der Waals surface area contributed by atoms with E-state index in [2.05, 4.69) is 0 Å². The number of alkyl halides is 3. The molecule has 0 aliphatic heterocycles. The topological polar surface area (TPSA) is 20.3 Å². The second kappa shape index (κ2) is 5.20. The fourth-order valence-electron chi connectivity index (χ4n) is 2.92. The number of hydrogen-bond acceptors (Lipinski definition) is 2. The van der Waals surface area contributed by atoms with Gasteiger partial charge in [-0.15, -0.1) is 0 Å². The number of carbonyl (C=O) groups excluding carboxylic acids is 1. The molecule has 5 heteroatoms. The lowest BCUT2D eigenvalue weighted by molar-refractivity contribution is -0.137. The molecule has 2 nitrogen and oxygen atoms in total. The van der Waals surface area contributed by atoms with Gasteiger partial charge in [-0.3, -0.25) is 9.69 Å². The second-order valence-electron chi connectivity index (χ2n) is 5.54. The van der Waals surface area contributed by atoms with E-state index in [1.807, 2.05) is 19.0 Å². The molecule has 1 fully saturated rings. The SMILES string of the molecule is CN(C)C1(c2cccc(C(F)(F)F)c2)CCC(=O)CC1. The van der Waals surface area contributed by atoms with Crippen LogP contribution < -0.4 is 0 Å². The molecule has 0 unspecified atom stereocenters. The van der Waals surface area contributed by atoms with Crippen LogP contribution >= 0.6 is 0 Å². The second-order valence-corrected chi connectivity index (χ2v) is 5.54. The lowest BCUT2D eigenvalue weighted by Crippen LogP contribution is -2.44. The molecule has 0 saturated heterocycles. The Kier molecular flexibility index (Phi) is 3.91. The van der Waals surface area contributed by atoms with Crippen LogP contribution in [0.25, 0.3) is 0 Å². The van der Waals surface area contributed by atoms with Gasteiger partial charge in [-0.2, -0.15) is 13.2 Å². The summed E-state index contributed by atoms with van der Waals surface area (Å²) >= 11 is 0. The quantitative estimate of drug-likeness (QED) is 0.827. The van der Waals surface area contributed by atoms with E-state index in [1.54, 1.807) is 6.07 Å². The Balaban J connectivity index is 2.43. The van der Waals surface area contributed by atoms with Crippen molar-refractivity contribution >= 4 is 5.78 Å². The van der Waals surface area contributed by atoms with E-state index in [1.165, 1.54) is 12.1 Å². The van der Waals surface area contributed by atoms with E-state index < -0.39 is 17.3 Å². The molecule has 2 rings (SSSR count). The fraction of sp³-hybridized carbons (Fsp3) is 0.533. The van der Waals surface area contributed by atoms with Gasteiger partial charge in [0, 0.05) is 18.4 Å². The van der Waals surface area contributed by atoms with E-state index in [0.717, 1.165) is 6.07 Å². The molecule has 1 aromatic rings. The van der Waals surface area contributed by atoms with Gasteiger partial charge in [0.15, 0.2) is 0 Å². The van der Waals surface area contributed by atoms with Gasteiger partial charge in [0.05, 0.1) is 5.56 Å². The van der Waals surface area contributed by atoms with Crippen LogP contribution in [0.2, 0.25) is 0 Å². The predicted molar refractivity (Wildman–Crippen MR) is 70.3 cm³/mol. The third-order valence-electron chi connectivity index (χ3n) is 4.22. The van der Waals surface area contributed by atoms with E-state index >= 15 is 0 Å². The minimum Gasteiger partial charge on any atom is -0.300 e. The van der Waals surface area contributed by atoms with Crippen molar-refractivity contribution in [2.45, 2.75) is 37.4 Å². The zero-order valence-electron chi connectivity index (χ0n) is 11.6. The summed E-state index contributed by atoms with van der Waals surface area (Å²) < 4.78 is 38.6. The highest BCUT2D eigenvalue weighted by Gasteiger charge is 2.40. The van der Waals surface area contributed by atoms with Gasteiger partial charge < -0.3 is 0 Å². The molecule has 0 atom stereocenters. The zero-order valence-corrected chi connectivity index (χ0v) is 11.6. The molecule has 1 saturated carbocycles. The number of nitrogens with zero attached hydrogens (tertiary/aromatic N) is 1. The number of ketones is 1. The van der Waals surface area contributed by atoms with Crippen molar-refractivity contribution in [2.24, 2.45) is 0 Å². The standard InChI is InChI=1S/C15H18F3NO/c1-19(2)14(8-6-13(20)7-9-14)11-4-3-5-12(10-11)15(16,17)18/h3-5,10H,6-9H2,1-2H3. The summed E-state index contributed by atoms with van der Waals surface area (Å²) in [6.07, 6.45) is -2.35. The monoisotopic (exact) mass is 285 g/mol. The van der Waals surface area contributed by atoms with Crippen LogP contribution in [-0.2, 0) is 16.5 Å². The molecule has 0 heterocycles. The molecule has 0 aromatic heterocycles. The normalized spacial score (nSPS) is 19.4. The number of Topliss-reactive ketones (excluding diaryl/α,β-unsaturated/α-hetero) is 1. The summed E-state index contributed by atoms with van der Waals surface area (Å²) in [7, 11) is 3.71. The van der Waals surface area contributed by atoms with Crippen LogP contribution in [0.4, 0.5) is 13.2 Å². The van der Waals surface area contributed by atoms with Crippen molar-refractivity contribution in [2.75, 3.05) is 14.1 Å². The Morgan fingerprint density at radius 2 is 1.75 bits per heavy atom. The molecular formula is C15H18F3NO. The van der Waals surface area contributed by atoms with Gasteiger partial charge in [-0.25, -0.2) is 0 Å². The molecule has 1 aliphatic rings. The summed E-state index contributed by atoms with van der Waals surface area (Å²) in [5, 5.41) is 0. The van der Waals surface area contributed by atoms with Crippen molar-refractivity contribution < 1.29 is 18.0 Å². The first-order valence-electron chi connectivity index (χ1n) is 6.62. The zero-order chi connectivity index (χ0) is 15.0. The van der Waals surface area contributed by atoms with Crippen molar-refractivity contribution in [3.05, 3.63) is 35.4 Å². The summed E-state index contributed by atoms with van der Waals surface area (Å²) in [6, 6.07) is 5.47. The van der Waals surface area contributed by atoms with Crippen LogP contribution in [0.5, 0.6) is 0 Å². The lowest BCUT2D eigenvalue weighted by Gasteiger charge is -2.43. The number of carbonyl (C=O) groups is 1. The molecule has 0 spiro atoms. The van der Waals surface area contributed by atoms with Crippen molar-refractivity contribution in [1.29, 1.82) is 0 Å². The molecule has 1 aromatic carbocycles. The van der Waals surface area contributed by atoms with Crippen LogP contribution in [-0.4, -0.2) is 24.8 Å². The Hall–Kier alpha value is -1.36. The van der Waals surface area contributed by atoms with Crippen LogP contribution in [0.1, 0.15) is 36.8 Å². The smallest absolute Gasteiger partial charge is 0.300 e. The first kappa shape index (κ1) is 15.0. The Morgan fingerprint density at radius 3 is 2.25 bits per heavy atom. The van der Waals surface area contributed by atoms with Crippen molar-refractivity contribution in [3.8, 4) is 0 Å². The third-order valence-corrected chi connectivity index (χ3v) is 4.22. The molecule has 1 aliphatic carbocycles. The van der Waals surface area contributed by atoms with Gasteiger partial charge in [-0.1, -0.05) is 12.1 Å². The molecular weight excluding hydrogens is 267 g/mol. The lowest BCUT2D eigenvalue weighted by atomic mass is 9.75. The van der Waals surface area contributed by atoms with Gasteiger partial charge >= 0.3 is 6.18 Å². The van der Waals surface area contributed by atoms with E-state index in [-0.39, 0.29) is 5.78 Å². The van der Waals surface area contributed by atoms with Crippen LogP contribution in [0.15, 0.2) is 24.3 Å². The number of hydrogen-bond donors (Lipinski definition) is 0. The average Bonchev–Trinajstić information content (AvgIpc) is 2.39. The van der Waals surface area contributed by atoms with Gasteiger partial charge in [0.2, 0.25) is 0 Å². The number of halogens is 3. The number of rotatable bonds is 2. The highest BCUT2D eigenvalue weighted by Crippen LogP contribution is 2.41. The maximum absolute atomic E-state index is 12.9. The van der Waals surface area contributed by atoms with Gasteiger partial charge in [-0.05, 0) is 44.6 Å². The number of benzene rings is 1. The van der Waals surface area contributed by atoms with Crippen molar-refractivity contribution in [3.63, 3.8) is 0 Å². The first-order chi connectivity index (χ1) is 9.25. The Bertz CT molecular complexity index is 498. The van der Waals surface area contributed by atoms with Gasteiger partial charge in [0.25, 0.3) is 0 Å². The summed E-state index contributed by atoms with van der Waals surface area (Å²) in [5.41, 5.74) is -0.465. The summed E-state index contributed by atoms with van der Waals surface area (Å²) in [6.45, 7) is 0. The molecule has 110 valence electrons. The summed E-state index contributed by atoms with van der Waals surface area (Å²) in [5.74, 6) is 0.189. The maximum Gasteiger partial charge on any atom is 0.416 e. The van der Waals surface area contributed by atoms with E-state index in [4.69, 9.17) is 0 Å². The van der Waals surface area contributed by atoms with Crippen LogP contribution in [0, 0.1) is 0 Å². The minimum atomic E-state index is -4.34. The molecule has 20 heavy (non-hydrogen) atoms. The average molecular weight is 285 g/mol. The van der Waals surface area contributed by atoms with E-state index in [0.29, 0.717) is 31.2 Å². The molecule has 0 bridgehead atoms. The fourth-order valence-corrected chi connectivity index (χ4v) is 2.92. The highest BCUT2D eigenvalue weighted by atomic mass is 19.4. The maximum atomic E-state index is 12.9. The summed E-state index contributed by atoms with van der Waals surface area (Å²) in [4.78, 5) is 13.4. The molecule has 0 amide bonds. The molecule has 0 radical (unpaired) electrons. The third kappa shape index (κ3) is 2.73. The van der Waals surface area contributed by atoms with Gasteiger partial charge in [0.1, 0.15) is 5.78 Å². The first-order valence-corrected chi connectivity index (χ1v) is 6.62. The van der Waals surface area contributed by atoms with Crippen molar-refractivity contribution in [1.82, 2.24) is 4.90 Å². The Labute approximate surface area is 116 Å². The minimum absolute atomic E-state index is 0.189. The van der Waals surface area contributed by atoms with Crippen LogP contribution in [0.3, 0.4) is 0 Å². The largest absolute Gasteiger partial charge is 0.416 e. The Morgan fingerprint density at radius 1 is 1.15 bits per heavy atom.